The van der Waals surface area contributed by atoms with Gasteiger partial charge in [-0.25, -0.2) is 0 Å². The van der Waals surface area contributed by atoms with Crippen LogP contribution in [0.3, 0.4) is 0 Å². The molecule has 3 heterocycles. The Hall–Kier alpha value is -3.18. The molecule has 0 aromatic heterocycles. The molecule has 0 aromatic carbocycles. The molecule has 3 aliphatic rings. The maximum atomic E-state index is 12.6. The van der Waals surface area contributed by atoms with E-state index >= 15 is 0 Å². The van der Waals surface area contributed by atoms with Crippen LogP contribution in [0.15, 0.2) is 72.9 Å². The average molecular weight is 926 g/mol. The number of carboxylic acid groups (broad SMARTS) is 1. The first-order valence-corrected chi connectivity index (χ1v) is 22.6. The average Bonchev–Trinajstić information content (AvgIpc) is 3.22. The van der Waals surface area contributed by atoms with E-state index in [-0.39, 0.29) is 38.0 Å². The van der Waals surface area contributed by atoms with Gasteiger partial charge in [0.2, 0.25) is 0 Å². The summed E-state index contributed by atoms with van der Waals surface area (Å²) in [6.45, 7) is 6.75. The number of fused-ring (bicyclic) bond motifs is 2. The van der Waals surface area contributed by atoms with Crippen molar-refractivity contribution in [3.63, 3.8) is 0 Å². The summed E-state index contributed by atoms with van der Waals surface area (Å²) in [4.78, 5) is 25.2. The third-order valence-corrected chi connectivity index (χ3v) is 12.3. The Balaban J connectivity index is 1.85. The van der Waals surface area contributed by atoms with E-state index in [2.05, 4.69) is 0 Å². The fourth-order valence-corrected chi connectivity index (χ4v) is 8.11. The number of carboxylic acids is 1. The van der Waals surface area contributed by atoms with Gasteiger partial charge in [-0.15, -0.1) is 0 Å². The van der Waals surface area contributed by atoms with Crippen LogP contribution in [0, 0.1) is 17.8 Å². The van der Waals surface area contributed by atoms with Gasteiger partial charge in [0.05, 0.1) is 73.5 Å². The molecule has 13 N–H and O–H groups in total. The molecule has 370 valence electrons. The highest BCUT2D eigenvalue weighted by atomic mass is 16.7. The largest absolute Gasteiger partial charge is 0.481 e. The van der Waals surface area contributed by atoms with Crippen molar-refractivity contribution in [1.29, 1.82) is 0 Å². The van der Waals surface area contributed by atoms with Gasteiger partial charge in [0.25, 0.3) is 0 Å². The second-order valence-electron chi connectivity index (χ2n) is 17.8. The van der Waals surface area contributed by atoms with Crippen molar-refractivity contribution in [3.8, 4) is 0 Å². The van der Waals surface area contributed by atoms with Crippen molar-refractivity contribution in [2.45, 2.75) is 189 Å². The van der Waals surface area contributed by atoms with Crippen LogP contribution in [0.2, 0.25) is 0 Å². The number of cyclic esters (lactones) is 1. The summed E-state index contributed by atoms with van der Waals surface area (Å²) in [5, 5.41) is 119. The van der Waals surface area contributed by atoms with Crippen LogP contribution in [0.25, 0.3) is 0 Å². The third kappa shape index (κ3) is 18.4. The van der Waals surface area contributed by atoms with E-state index in [1.54, 1.807) is 44.2 Å². The second-order valence-corrected chi connectivity index (χ2v) is 17.8. The molecule has 18 heteroatoms. The lowest BCUT2D eigenvalue weighted by atomic mass is 9.82. The van der Waals surface area contributed by atoms with Gasteiger partial charge in [0, 0.05) is 24.7 Å². The second kappa shape index (κ2) is 27.6. The highest BCUT2D eigenvalue weighted by Gasteiger charge is 2.54. The molecular formula is C47H75NO17. The fourth-order valence-electron chi connectivity index (χ4n) is 8.11. The predicted molar refractivity (Wildman–Crippen MR) is 237 cm³/mol. The highest BCUT2D eigenvalue weighted by Crippen LogP contribution is 2.39. The Morgan fingerprint density at radius 2 is 1.29 bits per heavy atom. The number of esters is 1. The minimum Gasteiger partial charge on any atom is -0.481 e. The maximum absolute atomic E-state index is 12.6. The molecule has 0 radical (unpaired) electrons. The summed E-state index contributed by atoms with van der Waals surface area (Å²) in [5.74, 6) is -7.03. The monoisotopic (exact) mass is 926 g/mol. The van der Waals surface area contributed by atoms with Gasteiger partial charge in [-0.3, -0.25) is 9.59 Å². The highest BCUT2D eigenvalue weighted by molar-refractivity contribution is 5.72. The lowest BCUT2D eigenvalue weighted by Crippen LogP contribution is -2.63. The topological polar surface area (TPSA) is 320 Å². The number of aliphatic carboxylic acids is 1. The lowest BCUT2D eigenvalue weighted by molar-refractivity contribution is -0.339. The Labute approximate surface area is 381 Å². The first-order valence-electron chi connectivity index (χ1n) is 22.6. The number of hydrogen-bond donors (Lipinski definition) is 12. The zero-order chi connectivity index (χ0) is 48.4. The number of aliphatic hydroxyl groups excluding tert-OH is 9. The Bertz CT molecular complexity index is 1620. The number of allylic oxidation sites excluding steroid dienone is 10. The molecule has 3 aliphatic heterocycles. The van der Waals surface area contributed by atoms with E-state index < -0.39 is 141 Å². The molecule has 0 spiro atoms. The van der Waals surface area contributed by atoms with Gasteiger partial charge < -0.3 is 80.9 Å². The summed E-state index contributed by atoms with van der Waals surface area (Å²) < 4.78 is 23.3. The van der Waals surface area contributed by atoms with Gasteiger partial charge in [-0.2, -0.15) is 0 Å². The van der Waals surface area contributed by atoms with Crippen LogP contribution < -0.4 is 5.73 Å². The van der Waals surface area contributed by atoms with Crippen LogP contribution in [-0.4, -0.2) is 166 Å². The smallest absolute Gasteiger partial charge is 0.311 e. The van der Waals surface area contributed by atoms with Crippen molar-refractivity contribution >= 4 is 11.9 Å². The molecular weight excluding hydrogens is 851 g/mol. The van der Waals surface area contributed by atoms with E-state index in [4.69, 9.17) is 24.7 Å². The normalized spacial score (nSPS) is 45.2. The number of carbonyl (C=O) groups is 2. The SMILES string of the molecule is C[C@@H]1[C@H](O)[C@@H](C)/C=C/C=C/CC/C=C/C=C/C=C/C=C/CC(O[C@H]2O[C@H](C)[C@@H](O)[C@H](N)[C@@H]2O)C2O[C@](O)(CC(O)C(O)CCC(O)CC(O)CC(O)CC(=O)O[C@H]1C)CC(O)C2C(=O)O. The van der Waals surface area contributed by atoms with Crippen LogP contribution in [-0.2, 0) is 28.5 Å². The number of hydrogen-bond acceptors (Lipinski definition) is 17. The fraction of sp³-hybridized carbons (Fsp3) is 0.702. The molecule has 2 fully saturated rings. The minimum atomic E-state index is -2.42. The molecule has 0 aliphatic carbocycles. The Morgan fingerprint density at radius 1 is 0.708 bits per heavy atom. The Kier molecular flexibility index (Phi) is 23.8. The molecule has 65 heavy (non-hydrogen) atoms. The van der Waals surface area contributed by atoms with Crippen molar-refractivity contribution in [3.05, 3.63) is 72.9 Å². The summed E-state index contributed by atoms with van der Waals surface area (Å²) in [6, 6.07) is -1.20. The molecule has 0 amide bonds. The molecule has 0 aromatic rings. The number of aliphatic hydroxyl groups is 10. The van der Waals surface area contributed by atoms with E-state index in [1.165, 1.54) is 6.92 Å². The number of rotatable bonds is 3. The van der Waals surface area contributed by atoms with Crippen LogP contribution in [0.1, 0.15) is 91.9 Å². The van der Waals surface area contributed by atoms with Crippen molar-refractivity contribution in [2.24, 2.45) is 23.5 Å². The zero-order valence-corrected chi connectivity index (χ0v) is 37.8. The summed E-state index contributed by atoms with van der Waals surface area (Å²) in [7, 11) is 0. The van der Waals surface area contributed by atoms with Gasteiger partial charge in [-0.05, 0) is 58.8 Å². The van der Waals surface area contributed by atoms with Crippen LogP contribution in [0.5, 0.6) is 0 Å². The van der Waals surface area contributed by atoms with E-state index in [1.807, 2.05) is 49.5 Å². The van der Waals surface area contributed by atoms with Gasteiger partial charge >= 0.3 is 11.9 Å². The molecule has 9 unspecified atom stereocenters. The Morgan fingerprint density at radius 3 is 1.94 bits per heavy atom. The molecule has 18 nitrogen and oxygen atoms in total. The molecule has 19 atom stereocenters. The van der Waals surface area contributed by atoms with Gasteiger partial charge in [0.1, 0.15) is 24.2 Å². The summed E-state index contributed by atoms with van der Waals surface area (Å²) >= 11 is 0. The molecule has 2 bridgehead atoms. The van der Waals surface area contributed by atoms with Crippen molar-refractivity contribution in [1.82, 2.24) is 0 Å². The van der Waals surface area contributed by atoms with E-state index in [0.29, 0.717) is 0 Å². The summed E-state index contributed by atoms with van der Waals surface area (Å²) in [6.07, 6.45) is 1.78. The molecule has 3 rings (SSSR count). The minimum absolute atomic E-state index is 0.111. The van der Waals surface area contributed by atoms with Crippen LogP contribution in [0.4, 0.5) is 0 Å². The molecule has 2 saturated heterocycles. The molecule has 0 saturated carbocycles. The van der Waals surface area contributed by atoms with E-state index in [9.17, 15) is 65.8 Å². The number of nitrogens with two attached hydrogens (primary N) is 1. The van der Waals surface area contributed by atoms with Crippen molar-refractivity contribution in [2.75, 3.05) is 0 Å². The quantitative estimate of drug-likeness (QED) is 0.175. The lowest BCUT2D eigenvalue weighted by Gasteiger charge is -2.47. The first-order chi connectivity index (χ1) is 30.6. The summed E-state index contributed by atoms with van der Waals surface area (Å²) in [5.41, 5.74) is 6.03. The third-order valence-electron chi connectivity index (χ3n) is 12.3. The van der Waals surface area contributed by atoms with Gasteiger partial charge in [-0.1, -0.05) is 86.8 Å². The maximum Gasteiger partial charge on any atom is 0.311 e. The zero-order valence-electron chi connectivity index (χ0n) is 37.8. The van der Waals surface area contributed by atoms with Gasteiger partial charge in [0.15, 0.2) is 12.1 Å². The number of carbonyl (C=O) groups excluding carboxylic acids is 1. The first kappa shape index (κ1) is 56.1. The predicted octanol–water partition coefficient (Wildman–Crippen LogP) is 0.936. The number of ether oxygens (including phenoxy) is 4. The van der Waals surface area contributed by atoms with Crippen LogP contribution >= 0.6 is 0 Å². The van der Waals surface area contributed by atoms with E-state index in [0.717, 1.165) is 12.8 Å². The van der Waals surface area contributed by atoms with Crippen molar-refractivity contribution < 1.29 is 84.7 Å². The standard InChI is InChI=1S/C47H75NO17/c1-27-18-16-14-12-10-8-6-5-7-9-11-13-15-17-19-37(64-46-43(58)40(48)42(57)30(4)63-46)44-39(45(59)60)36(54)26-47(61,65-44)25-35(53)34(52)21-20-31(49)22-32(50)23-33(51)24-38(55)62-29(3)28(2)41(27)56/h5-7,9,11-18,27-37,39-44,46,49-54,56-58,61H,8,10,19-26,48H2,1-4H3,(H,59,60)/b6-5+,9-7+,13-11+,14-12+,17-15+,18-16+/t27-,28-,29-,30+,31?,32?,33?,34?,35?,36?,37?,39?,40-,41+,42+,43-,44?,46+,47+/m0/s1.